The maximum Gasteiger partial charge on any atom is 0.276 e. The van der Waals surface area contributed by atoms with Crippen LogP contribution in [0.25, 0.3) is 0 Å². The van der Waals surface area contributed by atoms with Crippen LogP contribution in [0.5, 0.6) is 0 Å². The Morgan fingerprint density at radius 2 is 2.14 bits per heavy atom. The molecule has 0 spiro atoms. The molecule has 21 heavy (non-hydrogen) atoms. The Hall–Kier alpha value is -1.36. The van der Waals surface area contributed by atoms with Gasteiger partial charge in [0.1, 0.15) is 5.76 Å². The molecule has 1 saturated carbocycles. The minimum Gasteiger partial charge on any atom is -0.360 e. The number of amides is 1. The zero-order valence-electron chi connectivity index (χ0n) is 12.6. The summed E-state index contributed by atoms with van der Waals surface area (Å²) in [6.45, 7) is 3.06. The second-order valence-corrected chi connectivity index (χ2v) is 6.91. The SMILES string of the molecule is CN1CC[C@H]2[C@@H](CCCN2C(=O)c2cc(C3CC3)on2)C1. The summed E-state index contributed by atoms with van der Waals surface area (Å²) in [5.41, 5.74) is 0.511. The van der Waals surface area contributed by atoms with E-state index in [1.165, 1.54) is 19.3 Å². The minimum absolute atomic E-state index is 0.0740. The summed E-state index contributed by atoms with van der Waals surface area (Å²) >= 11 is 0. The average Bonchev–Trinajstić information content (AvgIpc) is 3.23. The predicted molar refractivity (Wildman–Crippen MR) is 78.1 cm³/mol. The smallest absolute Gasteiger partial charge is 0.276 e. The van der Waals surface area contributed by atoms with Gasteiger partial charge in [-0.1, -0.05) is 5.16 Å². The fourth-order valence-corrected chi connectivity index (χ4v) is 3.93. The summed E-state index contributed by atoms with van der Waals surface area (Å²) in [5, 5.41) is 4.03. The van der Waals surface area contributed by atoms with E-state index in [0.29, 0.717) is 23.6 Å². The van der Waals surface area contributed by atoms with Crippen molar-refractivity contribution in [2.45, 2.75) is 44.1 Å². The van der Waals surface area contributed by atoms with Crippen molar-refractivity contribution in [2.24, 2.45) is 5.92 Å². The number of carbonyl (C=O) groups excluding carboxylic acids is 1. The van der Waals surface area contributed by atoms with Crippen LogP contribution >= 0.6 is 0 Å². The zero-order chi connectivity index (χ0) is 14.4. The van der Waals surface area contributed by atoms with Crippen LogP contribution in [0.15, 0.2) is 10.6 Å². The van der Waals surface area contributed by atoms with Gasteiger partial charge in [0.15, 0.2) is 5.69 Å². The molecule has 2 saturated heterocycles. The highest BCUT2D eigenvalue weighted by Gasteiger charge is 2.38. The van der Waals surface area contributed by atoms with E-state index in [0.717, 1.165) is 38.2 Å². The van der Waals surface area contributed by atoms with E-state index in [1.54, 1.807) is 0 Å². The standard InChI is InChI=1S/C16H23N3O2/c1-18-8-6-14-12(10-18)3-2-7-19(14)16(20)13-9-15(21-17-13)11-4-5-11/h9,11-12,14H,2-8,10H2,1H3/t12-,14-/m0/s1. The lowest BCUT2D eigenvalue weighted by molar-refractivity contribution is 0.0246. The molecular weight excluding hydrogens is 266 g/mol. The van der Waals surface area contributed by atoms with Crippen molar-refractivity contribution in [3.8, 4) is 0 Å². The van der Waals surface area contributed by atoms with Crippen LogP contribution in [0, 0.1) is 5.92 Å². The Labute approximate surface area is 125 Å². The number of nitrogens with zero attached hydrogens (tertiary/aromatic N) is 3. The first kappa shape index (κ1) is 13.3. The monoisotopic (exact) mass is 289 g/mol. The number of fused-ring (bicyclic) bond motifs is 1. The van der Waals surface area contributed by atoms with Gasteiger partial charge in [0, 0.05) is 31.1 Å². The Bertz CT molecular complexity index is 537. The van der Waals surface area contributed by atoms with E-state index < -0.39 is 0 Å². The van der Waals surface area contributed by atoms with Gasteiger partial charge in [-0.15, -0.1) is 0 Å². The van der Waals surface area contributed by atoms with Gasteiger partial charge in [-0.2, -0.15) is 0 Å². The van der Waals surface area contributed by atoms with Crippen LogP contribution in [-0.4, -0.2) is 53.6 Å². The van der Waals surface area contributed by atoms with Crippen LogP contribution in [-0.2, 0) is 0 Å². The third kappa shape index (κ3) is 2.48. The van der Waals surface area contributed by atoms with Crippen LogP contribution in [0.4, 0.5) is 0 Å². The van der Waals surface area contributed by atoms with Gasteiger partial charge in [0.25, 0.3) is 5.91 Å². The average molecular weight is 289 g/mol. The Balaban J connectivity index is 1.51. The molecule has 0 unspecified atom stereocenters. The molecule has 3 aliphatic rings. The number of carbonyl (C=O) groups is 1. The van der Waals surface area contributed by atoms with E-state index in [-0.39, 0.29) is 5.91 Å². The maximum atomic E-state index is 12.8. The quantitative estimate of drug-likeness (QED) is 0.836. The minimum atomic E-state index is 0.0740. The van der Waals surface area contributed by atoms with Crippen LogP contribution in [0.2, 0.25) is 0 Å². The molecule has 1 aromatic rings. The number of aromatic nitrogens is 1. The third-order valence-electron chi connectivity index (χ3n) is 5.26. The van der Waals surface area contributed by atoms with Crippen LogP contribution < -0.4 is 0 Å². The molecule has 5 nitrogen and oxygen atoms in total. The van der Waals surface area contributed by atoms with Gasteiger partial charge in [0.2, 0.25) is 0 Å². The van der Waals surface area contributed by atoms with Crippen LogP contribution in [0.3, 0.4) is 0 Å². The van der Waals surface area contributed by atoms with Crippen molar-refractivity contribution in [1.82, 2.24) is 15.0 Å². The first-order chi connectivity index (χ1) is 10.2. The Morgan fingerprint density at radius 3 is 2.95 bits per heavy atom. The number of likely N-dealkylation sites (tertiary alicyclic amines) is 2. The van der Waals surface area contributed by atoms with Gasteiger partial charge < -0.3 is 14.3 Å². The van der Waals surface area contributed by atoms with Gasteiger partial charge in [-0.3, -0.25) is 4.79 Å². The number of hydrogen-bond donors (Lipinski definition) is 0. The maximum absolute atomic E-state index is 12.8. The summed E-state index contributed by atoms with van der Waals surface area (Å²) in [4.78, 5) is 17.2. The van der Waals surface area contributed by atoms with E-state index in [4.69, 9.17) is 4.52 Å². The Morgan fingerprint density at radius 1 is 1.29 bits per heavy atom. The van der Waals surface area contributed by atoms with Crippen molar-refractivity contribution in [3.63, 3.8) is 0 Å². The molecule has 5 heteroatoms. The molecule has 2 aliphatic heterocycles. The van der Waals surface area contributed by atoms with Crippen molar-refractivity contribution >= 4 is 5.91 Å². The highest BCUT2D eigenvalue weighted by Crippen LogP contribution is 2.40. The van der Waals surface area contributed by atoms with Gasteiger partial charge in [-0.05, 0) is 51.6 Å². The fourth-order valence-electron chi connectivity index (χ4n) is 3.93. The van der Waals surface area contributed by atoms with Crippen LogP contribution in [0.1, 0.15) is 54.3 Å². The summed E-state index contributed by atoms with van der Waals surface area (Å²) in [5.74, 6) is 2.10. The number of hydrogen-bond acceptors (Lipinski definition) is 4. The first-order valence-electron chi connectivity index (χ1n) is 8.18. The highest BCUT2D eigenvalue weighted by atomic mass is 16.5. The largest absolute Gasteiger partial charge is 0.360 e. The lowest BCUT2D eigenvalue weighted by Crippen LogP contribution is -2.55. The summed E-state index contributed by atoms with van der Waals surface area (Å²) in [7, 11) is 2.18. The molecule has 3 fully saturated rings. The van der Waals surface area contributed by atoms with E-state index in [1.807, 2.05) is 6.07 Å². The summed E-state index contributed by atoms with van der Waals surface area (Å²) in [6.07, 6.45) is 5.77. The first-order valence-corrected chi connectivity index (χ1v) is 8.18. The normalized spacial score (nSPS) is 30.2. The molecule has 4 rings (SSSR count). The molecule has 1 aromatic heterocycles. The van der Waals surface area contributed by atoms with Crippen molar-refractivity contribution in [3.05, 3.63) is 17.5 Å². The zero-order valence-corrected chi connectivity index (χ0v) is 12.6. The van der Waals surface area contributed by atoms with E-state index >= 15 is 0 Å². The van der Waals surface area contributed by atoms with E-state index in [9.17, 15) is 4.79 Å². The molecule has 2 atom stereocenters. The summed E-state index contributed by atoms with van der Waals surface area (Å²) in [6, 6.07) is 2.27. The lowest BCUT2D eigenvalue weighted by atomic mass is 9.84. The molecule has 0 radical (unpaired) electrons. The molecular formula is C16H23N3O2. The van der Waals surface area contributed by atoms with Gasteiger partial charge >= 0.3 is 0 Å². The molecule has 1 amide bonds. The predicted octanol–water partition coefficient (Wildman–Crippen LogP) is 2.11. The number of piperidine rings is 2. The summed E-state index contributed by atoms with van der Waals surface area (Å²) < 4.78 is 5.35. The van der Waals surface area contributed by atoms with Gasteiger partial charge in [-0.25, -0.2) is 0 Å². The van der Waals surface area contributed by atoms with Crippen molar-refractivity contribution in [2.75, 3.05) is 26.7 Å². The number of rotatable bonds is 2. The van der Waals surface area contributed by atoms with Crippen molar-refractivity contribution in [1.29, 1.82) is 0 Å². The van der Waals surface area contributed by atoms with Gasteiger partial charge in [0.05, 0.1) is 0 Å². The molecule has 1 aliphatic carbocycles. The third-order valence-corrected chi connectivity index (χ3v) is 5.26. The molecule has 0 aromatic carbocycles. The lowest BCUT2D eigenvalue weighted by Gasteiger charge is -2.46. The highest BCUT2D eigenvalue weighted by molar-refractivity contribution is 5.92. The second kappa shape index (κ2) is 5.13. The van der Waals surface area contributed by atoms with Crippen molar-refractivity contribution < 1.29 is 9.32 Å². The Kier molecular flexibility index (Phi) is 3.25. The molecule has 3 heterocycles. The molecule has 0 N–H and O–H groups in total. The molecule has 0 bridgehead atoms. The molecule has 114 valence electrons. The fraction of sp³-hybridized carbons (Fsp3) is 0.750. The second-order valence-electron chi connectivity index (χ2n) is 6.91. The van der Waals surface area contributed by atoms with E-state index in [2.05, 4.69) is 22.0 Å². The topological polar surface area (TPSA) is 49.6 Å².